The number of hydrogen-bond donors (Lipinski definition) is 0. The zero-order valence-corrected chi connectivity index (χ0v) is 52.1. The van der Waals surface area contributed by atoms with Crippen LogP contribution in [0.5, 0.6) is 0 Å². The van der Waals surface area contributed by atoms with Crippen LogP contribution in [0.15, 0.2) is 182 Å². The molecule has 0 bridgehead atoms. The topological polar surface area (TPSA) is 13.0 Å². The minimum atomic E-state index is -0.159. The predicted molar refractivity (Wildman–Crippen MR) is 362 cm³/mol. The summed E-state index contributed by atoms with van der Waals surface area (Å²) in [6, 6.07) is 71.5. The van der Waals surface area contributed by atoms with E-state index >= 15 is 0 Å². The third-order valence-electron chi connectivity index (χ3n) is 21.0. The zero-order valence-electron chi connectivity index (χ0n) is 52.1. The van der Waals surface area contributed by atoms with Gasteiger partial charge in [-0.2, -0.15) is 0 Å². The number of fused-ring (bicyclic) bond motifs is 10. The van der Waals surface area contributed by atoms with Gasteiger partial charge in [-0.15, -0.1) is 0 Å². The summed E-state index contributed by atoms with van der Waals surface area (Å²) >= 11 is 0. The van der Waals surface area contributed by atoms with Gasteiger partial charge in [0.15, 0.2) is 0 Å². The Hall–Kier alpha value is -7.69. The minimum Gasteiger partial charge on any atom is -0.311 e. The van der Waals surface area contributed by atoms with E-state index in [1.165, 1.54) is 129 Å². The molecular formula is C78H80B2N4. The first-order valence-corrected chi connectivity index (χ1v) is 31.2. The van der Waals surface area contributed by atoms with Gasteiger partial charge in [0.1, 0.15) is 0 Å². The highest BCUT2D eigenvalue weighted by Crippen LogP contribution is 2.55. The minimum absolute atomic E-state index is 0.000621. The largest absolute Gasteiger partial charge is 0.311 e. The van der Waals surface area contributed by atoms with Crippen molar-refractivity contribution in [2.45, 2.75) is 155 Å². The fourth-order valence-corrected chi connectivity index (χ4v) is 15.9. The van der Waals surface area contributed by atoms with E-state index in [2.05, 4.69) is 299 Å². The van der Waals surface area contributed by atoms with E-state index < -0.39 is 0 Å². The highest BCUT2D eigenvalue weighted by Gasteiger charge is 2.51. The molecule has 6 heteroatoms. The highest BCUT2D eigenvalue weighted by atomic mass is 15.2. The van der Waals surface area contributed by atoms with Gasteiger partial charge in [0.05, 0.1) is 0 Å². The molecule has 0 saturated heterocycles. The summed E-state index contributed by atoms with van der Waals surface area (Å²) in [6.45, 7) is 34.1. The van der Waals surface area contributed by atoms with Crippen molar-refractivity contribution in [2.24, 2.45) is 0 Å². The van der Waals surface area contributed by atoms with Crippen LogP contribution in [0.25, 0.3) is 0 Å². The average molecular weight is 1100 g/mol. The molecule has 84 heavy (non-hydrogen) atoms. The molecule has 0 fully saturated rings. The van der Waals surface area contributed by atoms with Gasteiger partial charge >= 0.3 is 0 Å². The van der Waals surface area contributed by atoms with Crippen LogP contribution in [0.1, 0.15) is 156 Å². The summed E-state index contributed by atoms with van der Waals surface area (Å²) in [5.74, 6) is 0. The third-order valence-corrected chi connectivity index (χ3v) is 21.0. The first-order valence-electron chi connectivity index (χ1n) is 31.2. The van der Waals surface area contributed by atoms with E-state index in [1.807, 2.05) is 0 Å². The van der Waals surface area contributed by atoms with Crippen molar-refractivity contribution in [2.75, 3.05) is 19.6 Å². The predicted octanol–water partition coefficient (Wildman–Crippen LogP) is 17.1. The number of nitrogens with zero attached hydrogens (tertiary/aromatic N) is 4. The number of benzene rings is 9. The molecule has 9 aromatic carbocycles. The summed E-state index contributed by atoms with van der Waals surface area (Å²) in [6.07, 6.45) is 4.64. The van der Waals surface area contributed by atoms with E-state index in [9.17, 15) is 0 Å². The first-order chi connectivity index (χ1) is 39.9. The molecule has 0 saturated carbocycles. The number of para-hydroxylation sites is 4. The number of anilines is 12. The van der Waals surface area contributed by atoms with Crippen LogP contribution in [0.3, 0.4) is 0 Å². The van der Waals surface area contributed by atoms with Crippen molar-refractivity contribution in [3.63, 3.8) is 0 Å². The van der Waals surface area contributed by atoms with Crippen molar-refractivity contribution in [3.05, 3.63) is 215 Å². The summed E-state index contributed by atoms with van der Waals surface area (Å²) in [4.78, 5) is 10.6. The molecule has 2 aliphatic carbocycles. The molecule has 0 unspecified atom stereocenters. The monoisotopic (exact) mass is 1090 g/mol. The quantitative estimate of drug-likeness (QED) is 0.163. The molecule has 9 aromatic rings. The fourth-order valence-electron chi connectivity index (χ4n) is 15.9. The van der Waals surface area contributed by atoms with E-state index in [-0.39, 0.29) is 45.9 Å². The second-order valence-electron chi connectivity index (χ2n) is 30.3. The van der Waals surface area contributed by atoms with Gasteiger partial charge in [-0.3, -0.25) is 0 Å². The summed E-state index contributed by atoms with van der Waals surface area (Å²) < 4.78 is 0. The van der Waals surface area contributed by atoms with Crippen LogP contribution in [0.2, 0.25) is 0 Å². The molecule has 0 amide bonds. The van der Waals surface area contributed by atoms with Gasteiger partial charge < -0.3 is 19.6 Å². The molecular weight excluding hydrogens is 1010 g/mol. The molecule has 418 valence electrons. The van der Waals surface area contributed by atoms with E-state index in [4.69, 9.17) is 0 Å². The SMILES string of the molecule is CC(C)(C)c1cc2c3c(c1)N(c1ccccc1)c1cc4c(cc1B3c1ccccc1N2c1ccccc1)B1c2cc3c(cc2N(c2ccc5c(c2)C(C)(C)CCC5(C)C)c2cc(C(C)(C)C)cc(c21)N4c1ccccc1)C(C)(C)CCC3(C)C. The Balaban J connectivity index is 1.09. The molecule has 0 aromatic heterocycles. The summed E-state index contributed by atoms with van der Waals surface area (Å²) in [7, 11) is 0. The van der Waals surface area contributed by atoms with Gasteiger partial charge in [0, 0.05) is 68.2 Å². The Morgan fingerprint density at radius 3 is 1.08 bits per heavy atom. The van der Waals surface area contributed by atoms with Crippen molar-refractivity contribution in [3.8, 4) is 0 Å². The van der Waals surface area contributed by atoms with Crippen molar-refractivity contribution in [1.82, 2.24) is 0 Å². The maximum atomic E-state index is 2.74. The lowest BCUT2D eigenvalue weighted by atomic mass is 9.30. The van der Waals surface area contributed by atoms with Gasteiger partial charge in [-0.25, -0.2) is 0 Å². The van der Waals surface area contributed by atoms with Crippen LogP contribution in [0, 0.1) is 0 Å². The average Bonchev–Trinajstić information content (AvgIpc) is 0.720. The van der Waals surface area contributed by atoms with Crippen LogP contribution >= 0.6 is 0 Å². The Morgan fingerprint density at radius 2 is 0.631 bits per heavy atom. The molecule has 0 N–H and O–H groups in total. The van der Waals surface area contributed by atoms with Gasteiger partial charge in [0.25, 0.3) is 13.4 Å². The fraction of sp³-hybridized carbons (Fsp3) is 0.308. The van der Waals surface area contributed by atoms with Crippen molar-refractivity contribution >= 4 is 114 Å². The Bertz CT molecular complexity index is 4200. The zero-order chi connectivity index (χ0) is 58.4. The molecule has 0 spiro atoms. The standard InChI is InChI=1S/C78H80B2N4/c1-73(2,3)49-40-67-71-68(41-49)82(52-28-20-16-21-29-52)65-48-66-62(47-61(65)79(71)59-32-24-25-33-63(59)81(67)51-26-18-15-19-27-51)80-60-45-57-58(78(13,14)39-38-77(57,11)12)46-64(60)84(54-34-35-55-56(44-54)76(9,10)37-36-75(55,7)8)70-43-50(74(4,5)6)42-69(72(70)80)83(66)53-30-22-17-23-31-53/h15-35,40-48H,36-39H2,1-14H3. The summed E-state index contributed by atoms with van der Waals surface area (Å²) in [5.41, 5.74) is 31.3. The second kappa shape index (κ2) is 17.9. The lowest BCUT2D eigenvalue weighted by molar-refractivity contribution is 0.332. The third kappa shape index (κ3) is 7.80. The lowest BCUT2D eigenvalue weighted by Gasteiger charge is -2.49. The normalized spacial score (nSPS) is 17.9. The Labute approximate surface area is 501 Å². The van der Waals surface area contributed by atoms with E-state index in [0.29, 0.717) is 0 Å². The van der Waals surface area contributed by atoms with Crippen LogP contribution < -0.4 is 52.4 Å². The molecule has 0 radical (unpaired) electrons. The molecule has 6 aliphatic rings. The smallest absolute Gasteiger partial charge is 0.252 e. The highest BCUT2D eigenvalue weighted by molar-refractivity contribution is 7.03. The Morgan fingerprint density at radius 1 is 0.286 bits per heavy atom. The maximum absolute atomic E-state index is 2.74. The Kier molecular flexibility index (Phi) is 11.3. The maximum Gasteiger partial charge on any atom is 0.252 e. The lowest BCUT2D eigenvalue weighted by Crippen LogP contribution is -2.65. The number of rotatable bonds is 4. The van der Waals surface area contributed by atoms with E-state index in [0.717, 1.165) is 30.6 Å². The first kappa shape index (κ1) is 53.1. The molecule has 4 aliphatic heterocycles. The van der Waals surface area contributed by atoms with Crippen LogP contribution in [-0.2, 0) is 32.5 Å². The molecule has 4 heterocycles. The number of hydrogen-bond acceptors (Lipinski definition) is 4. The molecule has 0 atom stereocenters. The second-order valence-corrected chi connectivity index (χ2v) is 30.3. The van der Waals surface area contributed by atoms with Crippen LogP contribution in [-0.4, -0.2) is 13.4 Å². The molecule has 4 nitrogen and oxygen atoms in total. The van der Waals surface area contributed by atoms with Crippen LogP contribution in [0.4, 0.5) is 68.2 Å². The van der Waals surface area contributed by atoms with Gasteiger partial charge in [-0.05, 0) is 215 Å². The van der Waals surface area contributed by atoms with Gasteiger partial charge in [-0.1, -0.05) is 188 Å². The van der Waals surface area contributed by atoms with Crippen molar-refractivity contribution < 1.29 is 0 Å². The van der Waals surface area contributed by atoms with Gasteiger partial charge in [0.2, 0.25) is 0 Å². The van der Waals surface area contributed by atoms with E-state index in [1.54, 1.807) is 0 Å². The molecule has 15 rings (SSSR count). The van der Waals surface area contributed by atoms with Crippen molar-refractivity contribution in [1.29, 1.82) is 0 Å². The summed E-state index contributed by atoms with van der Waals surface area (Å²) in [5, 5.41) is 0.